The fraction of sp³-hybridized carbons (Fsp3) is 0.0588. The molecule has 0 spiro atoms. The maximum absolute atomic E-state index is 11.2. The molecule has 0 saturated carbocycles. The molecule has 11 rings (SSSR count). The van der Waals surface area contributed by atoms with Gasteiger partial charge in [-0.25, -0.2) is 9.69 Å². The zero-order valence-corrected chi connectivity index (χ0v) is 45.6. The first-order chi connectivity index (χ1) is 41.4. The summed E-state index contributed by atoms with van der Waals surface area (Å²) in [6, 6.07) is 76.9. The van der Waals surface area contributed by atoms with E-state index in [0.717, 1.165) is 64.4 Å². The molecule has 0 unspecified atom stereocenters. The second kappa shape index (κ2) is 27.3. The molecule has 0 bridgehead atoms. The van der Waals surface area contributed by atoms with Gasteiger partial charge in [-0.05, 0) is 207 Å². The van der Waals surface area contributed by atoms with Gasteiger partial charge in [0.2, 0.25) is 0 Å². The molecule has 10 aromatic rings. The highest BCUT2D eigenvalue weighted by molar-refractivity contribution is 5.84. The first kappa shape index (κ1) is 57.4. The molecule has 4 N–H and O–H groups in total. The molecule has 17 nitrogen and oxygen atoms in total. The van der Waals surface area contributed by atoms with Crippen LogP contribution in [0.4, 0.5) is 102 Å². The van der Waals surface area contributed by atoms with E-state index in [1.165, 1.54) is 37.1 Å². The number of non-ortho nitro benzene ring substituents is 2. The number of nitrogens with zero attached hydrogens (tertiary/aromatic N) is 10. The van der Waals surface area contributed by atoms with E-state index in [2.05, 4.69) is 55.9 Å². The lowest BCUT2D eigenvalue weighted by Crippen LogP contribution is -2.12. The summed E-state index contributed by atoms with van der Waals surface area (Å²) in [4.78, 5) is 36.5. The smallest absolute Gasteiger partial charge is 0.269 e. The number of nitro groups is 2. The van der Waals surface area contributed by atoms with Gasteiger partial charge in [-0.2, -0.15) is 10.5 Å². The fourth-order valence-electron chi connectivity index (χ4n) is 9.22. The van der Waals surface area contributed by atoms with E-state index < -0.39 is 9.85 Å². The van der Waals surface area contributed by atoms with Gasteiger partial charge in [0.15, 0.2) is 11.4 Å². The number of anilines is 14. The van der Waals surface area contributed by atoms with Gasteiger partial charge in [0.1, 0.15) is 0 Å². The zero-order valence-electron chi connectivity index (χ0n) is 45.6. The number of ether oxygens (including phenoxy) is 1. The topological polar surface area (TPSA) is 217 Å². The molecule has 85 heavy (non-hydrogen) atoms. The van der Waals surface area contributed by atoms with Crippen LogP contribution >= 0.6 is 0 Å². The van der Waals surface area contributed by atoms with Crippen molar-refractivity contribution in [3.63, 3.8) is 0 Å². The molecule has 1 aliphatic heterocycles. The molecular formula is C68H52N12O5. The van der Waals surface area contributed by atoms with Crippen molar-refractivity contribution in [3.8, 4) is 12.1 Å². The molecular weight excluding hydrogens is 1060 g/mol. The standard InChI is InChI=1S/C32H20N6O4.C32H24N6.C4H8O/c1-34-24-4-8-26(9-5-24)35(25-6-2-23(22-33)3-7-25)27-10-12-28(13-11-27)36(29-14-18-31(19-15-29)37(39)40)30-16-20-32(21-17-30)38(41)42;1-36-26-8-16-30(17-9-26)37(27-10-2-23(22-33)3-11-27)31-18-20-32(21-19-31)38(28-12-4-24(34)5-13-28)29-14-6-25(35)7-15-29;1-2-4-5-3-1/h2-21H;2-21H,34-35H2;1-4H2. The first-order valence-electron chi connectivity index (χ1n) is 26.6. The maximum Gasteiger partial charge on any atom is 0.269 e. The van der Waals surface area contributed by atoms with Crippen molar-refractivity contribution in [2.24, 2.45) is 0 Å². The van der Waals surface area contributed by atoms with Gasteiger partial charge in [-0.15, -0.1) is 0 Å². The average molecular weight is 1120 g/mol. The van der Waals surface area contributed by atoms with Gasteiger partial charge >= 0.3 is 0 Å². The Morgan fingerprint density at radius 2 is 0.565 bits per heavy atom. The van der Waals surface area contributed by atoms with E-state index in [1.54, 1.807) is 72.8 Å². The van der Waals surface area contributed by atoms with Crippen molar-refractivity contribution in [2.75, 3.05) is 44.3 Å². The predicted molar refractivity (Wildman–Crippen MR) is 336 cm³/mol. The Bertz CT molecular complexity index is 3840. The van der Waals surface area contributed by atoms with Crippen molar-refractivity contribution < 1.29 is 14.6 Å². The first-order valence-corrected chi connectivity index (χ1v) is 26.6. The van der Waals surface area contributed by atoms with Gasteiger partial charge in [-0.1, -0.05) is 24.3 Å². The molecule has 1 heterocycles. The van der Waals surface area contributed by atoms with Crippen molar-refractivity contribution in [1.82, 2.24) is 0 Å². The maximum atomic E-state index is 11.2. The number of benzene rings is 10. The molecule has 0 aliphatic carbocycles. The Morgan fingerprint density at radius 3 is 0.753 bits per heavy atom. The molecule has 414 valence electrons. The SMILES string of the molecule is C1CCOC1.[C-]#[N+]c1ccc(N(c2ccc(C#N)cc2)c2ccc(N(c3ccc(N)cc3)c3ccc(N)cc3)cc2)cc1.[C-]#[N+]c1ccc(N(c2ccc(C#N)cc2)c2ccc(N(c3ccc([N+](=O)[O-])cc3)c3ccc([N+](=O)[O-])cc3)cc2)cc1. The van der Waals surface area contributed by atoms with E-state index in [0.29, 0.717) is 50.9 Å². The van der Waals surface area contributed by atoms with Crippen LogP contribution in [0, 0.1) is 56.0 Å². The second-order valence-corrected chi connectivity index (χ2v) is 19.0. The lowest BCUT2D eigenvalue weighted by atomic mass is 10.1. The van der Waals surface area contributed by atoms with Crippen LogP contribution < -0.4 is 31.1 Å². The predicted octanol–water partition coefficient (Wildman–Crippen LogP) is 17.9. The Hall–Kier alpha value is -12.3. The highest BCUT2D eigenvalue weighted by atomic mass is 16.6. The van der Waals surface area contributed by atoms with E-state index in [1.807, 2.05) is 131 Å². The third-order valence-electron chi connectivity index (χ3n) is 13.5. The van der Waals surface area contributed by atoms with Crippen LogP contribution in [0.15, 0.2) is 243 Å². The van der Waals surface area contributed by atoms with Gasteiger partial charge in [-0.3, -0.25) is 20.2 Å². The summed E-state index contributed by atoms with van der Waals surface area (Å²) >= 11 is 0. The molecule has 17 heteroatoms. The van der Waals surface area contributed by atoms with Crippen LogP contribution in [0.5, 0.6) is 0 Å². The van der Waals surface area contributed by atoms with Crippen LogP contribution in [0.25, 0.3) is 9.69 Å². The van der Waals surface area contributed by atoms with Gasteiger partial charge in [0.25, 0.3) is 11.4 Å². The molecule has 0 radical (unpaired) electrons. The third-order valence-corrected chi connectivity index (χ3v) is 13.5. The van der Waals surface area contributed by atoms with Crippen molar-refractivity contribution in [3.05, 3.63) is 297 Å². The summed E-state index contributed by atoms with van der Waals surface area (Å²) in [6.45, 7) is 16.6. The van der Waals surface area contributed by atoms with Crippen LogP contribution in [0.3, 0.4) is 0 Å². The van der Waals surface area contributed by atoms with Gasteiger partial charge in [0.05, 0.1) is 46.3 Å². The normalized spacial score (nSPS) is 11.1. The van der Waals surface area contributed by atoms with Crippen LogP contribution in [0.2, 0.25) is 0 Å². The largest absolute Gasteiger partial charge is 0.399 e. The Morgan fingerprint density at radius 1 is 0.365 bits per heavy atom. The average Bonchev–Trinajstić information content (AvgIpc) is 3.99. The van der Waals surface area contributed by atoms with E-state index >= 15 is 0 Å². The summed E-state index contributed by atoms with van der Waals surface area (Å²) in [5.41, 5.74) is 25.4. The highest BCUT2D eigenvalue weighted by Crippen LogP contribution is 2.42. The lowest BCUT2D eigenvalue weighted by molar-refractivity contribution is -0.385. The molecule has 1 aliphatic rings. The van der Waals surface area contributed by atoms with Crippen LogP contribution in [-0.4, -0.2) is 23.1 Å². The quantitative estimate of drug-likeness (QED) is 0.0449. The van der Waals surface area contributed by atoms with E-state index in [4.69, 9.17) is 29.3 Å². The summed E-state index contributed by atoms with van der Waals surface area (Å²) in [6.07, 6.45) is 2.56. The highest BCUT2D eigenvalue weighted by Gasteiger charge is 2.20. The second-order valence-electron chi connectivity index (χ2n) is 19.0. The number of hydrogen-bond donors (Lipinski definition) is 2. The lowest BCUT2D eigenvalue weighted by Gasteiger charge is -2.28. The molecule has 0 aromatic heterocycles. The Balaban J connectivity index is 0.000000188. The van der Waals surface area contributed by atoms with Crippen LogP contribution in [-0.2, 0) is 4.74 Å². The number of nitriles is 2. The number of nitro benzene ring substituents is 2. The van der Waals surface area contributed by atoms with Gasteiger partial charge < -0.3 is 35.8 Å². The fourth-order valence-corrected chi connectivity index (χ4v) is 9.22. The zero-order chi connectivity index (χ0) is 59.7. The Kier molecular flexibility index (Phi) is 18.4. The van der Waals surface area contributed by atoms with Crippen molar-refractivity contribution in [2.45, 2.75) is 12.8 Å². The van der Waals surface area contributed by atoms with Crippen molar-refractivity contribution >= 4 is 102 Å². The minimum atomic E-state index is -0.475. The van der Waals surface area contributed by atoms with E-state index in [9.17, 15) is 30.8 Å². The summed E-state index contributed by atoms with van der Waals surface area (Å²) in [5, 5.41) is 40.9. The number of rotatable bonds is 14. The monoisotopic (exact) mass is 1120 g/mol. The minimum absolute atomic E-state index is 0.0555. The van der Waals surface area contributed by atoms with Crippen LogP contribution in [0.1, 0.15) is 24.0 Å². The molecule has 1 fully saturated rings. The molecule has 0 atom stereocenters. The summed E-state index contributed by atoms with van der Waals surface area (Å²) < 4.78 is 4.94. The molecule has 1 saturated heterocycles. The summed E-state index contributed by atoms with van der Waals surface area (Å²) in [7, 11) is 0. The third kappa shape index (κ3) is 14.2. The molecule has 0 amide bonds. The number of hydrogen-bond acceptors (Lipinski definition) is 13. The van der Waals surface area contributed by atoms with Crippen molar-refractivity contribution in [1.29, 1.82) is 10.5 Å². The minimum Gasteiger partial charge on any atom is -0.399 e. The molecule has 10 aromatic carbocycles. The van der Waals surface area contributed by atoms with Gasteiger partial charge in [0, 0.05) is 117 Å². The number of nitrogen functional groups attached to an aromatic ring is 2. The summed E-state index contributed by atoms with van der Waals surface area (Å²) in [5.74, 6) is 0. The number of nitrogens with two attached hydrogens (primary N) is 2. The van der Waals surface area contributed by atoms with E-state index in [-0.39, 0.29) is 11.4 Å². The Labute approximate surface area is 491 Å².